The molecule has 2 aliphatic heterocycles. The summed E-state index contributed by atoms with van der Waals surface area (Å²) in [4.78, 5) is 144. The molecule has 9 amide bonds. The Morgan fingerprint density at radius 1 is 0.622 bits per heavy atom. The Morgan fingerprint density at radius 2 is 1.18 bits per heavy atom. The van der Waals surface area contributed by atoms with Gasteiger partial charge in [0.15, 0.2) is 15.8 Å². The highest BCUT2D eigenvalue weighted by Gasteiger charge is 2.42. The number of phenols is 1. The van der Waals surface area contributed by atoms with E-state index >= 15 is 24.0 Å². The first-order chi connectivity index (χ1) is 57.2. The number of H-pyrrole nitrogens is 2. The zero-order chi connectivity index (χ0) is 84.7. The number of aromatic hydroxyl groups is 1. The van der Waals surface area contributed by atoms with E-state index in [0.717, 1.165) is 22.9 Å². The summed E-state index contributed by atoms with van der Waals surface area (Å²) in [5.74, 6) is -9.98. The van der Waals surface area contributed by atoms with Crippen LogP contribution in [0.5, 0.6) is 5.75 Å². The maximum absolute atomic E-state index is 15.5. The quantitative estimate of drug-likeness (QED) is 0.0200. The third-order valence-corrected chi connectivity index (χ3v) is 24.1. The smallest absolute Gasteiger partial charge is 0.245 e. The third kappa shape index (κ3) is 25.2. The number of aromatic nitrogens is 2. The highest BCUT2D eigenvalue weighted by molar-refractivity contribution is 7.92. The number of sulfone groups is 1. The van der Waals surface area contributed by atoms with E-state index in [2.05, 4.69) is 79.4 Å². The molecule has 119 heavy (non-hydrogen) atoms. The highest BCUT2D eigenvalue weighted by Crippen LogP contribution is 2.45. The molecule has 0 saturated carbocycles. The van der Waals surface area contributed by atoms with E-state index in [0.29, 0.717) is 58.1 Å². The molecule has 4 heterocycles. The summed E-state index contributed by atoms with van der Waals surface area (Å²) in [5.41, 5.74) is 18.5. The lowest BCUT2D eigenvalue weighted by molar-refractivity contribution is -0.136. The molecule has 0 spiro atoms. The van der Waals surface area contributed by atoms with Crippen molar-refractivity contribution in [1.29, 1.82) is 5.41 Å². The minimum Gasteiger partial charge on any atom is -0.508 e. The number of halogens is 1. The van der Waals surface area contributed by atoms with Crippen molar-refractivity contribution in [3.8, 4) is 5.75 Å². The minimum absolute atomic E-state index is 0.0283. The standard InChI is InChI=1S/C87H110FN17O13S/c1-52(106)78-86(116)103-71(43-56-28-32-60(88)33-29-56)79(109)92-37-14-12-24-68(96-48-61(39-55-30-34-62(107)35-31-55)97-76(108)51-119(117,118)50-57-40-65-64-22-15-26-67-77(64)59(47-95-67)45-75(65)105(2)49-57)80(110)98-70(27-16-38-93-87(90)91)81(111)100-72(41-53-17-5-3-6-18-53)83(113)101-73(42-54-19-7-4-8-20-54)84(114)102-74(44-58-46-94-66-23-10-9-21-63(58)66)85(115)99-69(82(112)104-78)25-11-13-36-89/h3-10,15,17-23,26,28-35,46-47,52,57,61,65,68-75,78,94-96,106-107H,11-14,16,24-25,27,36-45,48-51,89H2,1-2H3,(H,92,109)(H,97,108)(H,98,110)(H,99,115)(H,100,111)(H,101,113)(H,102,114)(H,103,116)(H,104,112)(H4,90,91,93)/t52-,57-,61+,65-,68-,69+,70+,71+,72+,73+,74-,75-,78+/m1/s1. The fourth-order valence-electron chi connectivity index (χ4n) is 16.3. The molecule has 3 aliphatic rings. The summed E-state index contributed by atoms with van der Waals surface area (Å²) in [6, 6.07) is 29.6. The van der Waals surface area contributed by atoms with E-state index in [4.69, 9.17) is 16.9 Å². The number of nitrogens with zero attached hydrogens (tertiary/aromatic N) is 1. The Morgan fingerprint density at radius 3 is 1.82 bits per heavy atom. The second kappa shape index (κ2) is 42.2. The molecular formula is C87H110FN17O13S. The van der Waals surface area contributed by atoms with Crippen molar-refractivity contribution >= 4 is 90.8 Å². The topological polar surface area (TPSA) is 471 Å². The van der Waals surface area contributed by atoms with Gasteiger partial charge >= 0.3 is 0 Å². The Labute approximate surface area is 691 Å². The van der Waals surface area contributed by atoms with Crippen LogP contribution in [0, 0.1) is 17.1 Å². The molecule has 8 aromatic rings. The van der Waals surface area contributed by atoms with Gasteiger partial charge in [0.1, 0.15) is 59.6 Å². The summed E-state index contributed by atoms with van der Waals surface area (Å²) >= 11 is 0. The van der Waals surface area contributed by atoms with Crippen molar-refractivity contribution in [2.24, 2.45) is 17.4 Å². The number of rotatable bonds is 27. The predicted molar refractivity (Wildman–Crippen MR) is 450 cm³/mol. The Kier molecular flexibility index (Phi) is 31.3. The van der Waals surface area contributed by atoms with E-state index < -0.39 is 135 Å². The van der Waals surface area contributed by atoms with Crippen LogP contribution in [-0.4, -0.2) is 210 Å². The summed E-state index contributed by atoms with van der Waals surface area (Å²) in [6.45, 7) is 1.74. The number of hydrogen-bond acceptors (Lipinski definition) is 17. The molecule has 0 unspecified atom stereocenters. The zero-order valence-corrected chi connectivity index (χ0v) is 67.7. The van der Waals surface area contributed by atoms with Crippen LogP contribution in [0.1, 0.15) is 110 Å². The van der Waals surface area contributed by atoms with Crippen molar-refractivity contribution in [2.45, 2.75) is 176 Å². The van der Waals surface area contributed by atoms with Crippen LogP contribution >= 0.6 is 0 Å². The maximum Gasteiger partial charge on any atom is 0.245 e. The monoisotopic (exact) mass is 1650 g/mol. The van der Waals surface area contributed by atoms with Crippen molar-refractivity contribution in [1.82, 2.24) is 73.4 Å². The third-order valence-electron chi connectivity index (χ3n) is 22.4. The van der Waals surface area contributed by atoms with Gasteiger partial charge in [0, 0.05) is 104 Å². The van der Waals surface area contributed by atoms with Gasteiger partial charge in [0.25, 0.3) is 0 Å². The number of piperidine rings is 1. The number of fused-ring (bicyclic) bond motifs is 3. The molecule has 32 heteroatoms. The second-order valence-corrected chi connectivity index (χ2v) is 33.7. The number of nitrogens with two attached hydrogens (primary N) is 2. The number of phenolic OH excluding ortho intramolecular Hbond substituents is 1. The van der Waals surface area contributed by atoms with Crippen LogP contribution in [-0.2, 0) is 91.5 Å². The van der Waals surface area contributed by atoms with Gasteiger partial charge in [-0.15, -0.1) is 0 Å². The van der Waals surface area contributed by atoms with Crippen LogP contribution in [0.25, 0.3) is 21.8 Å². The van der Waals surface area contributed by atoms with E-state index in [1.807, 2.05) is 43.6 Å². The van der Waals surface area contributed by atoms with E-state index in [1.54, 1.807) is 85.1 Å². The van der Waals surface area contributed by atoms with Crippen LogP contribution in [0.4, 0.5) is 4.39 Å². The number of aliphatic hydroxyl groups excluding tert-OH is 1. The Bertz CT molecular complexity index is 4940. The van der Waals surface area contributed by atoms with E-state index in [-0.39, 0.29) is 139 Å². The van der Waals surface area contributed by atoms with Gasteiger partial charge < -0.3 is 95.0 Å². The van der Waals surface area contributed by atoms with Gasteiger partial charge in [-0.2, -0.15) is 0 Å². The van der Waals surface area contributed by atoms with Crippen LogP contribution in [0.3, 0.4) is 0 Å². The van der Waals surface area contributed by atoms with Crippen molar-refractivity contribution in [3.05, 3.63) is 209 Å². The number of aliphatic hydroxyl groups is 1. The van der Waals surface area contributed by atoms with Gasteiger partial charge in [-0.05, 0) is 172 Å². The summed E-state index contributed by atoms with van der Waals surface area (Å²) in [6.07, 6.45) is 3.76. The van der Waals surface area contributed by atoms with E-state index in [1.165, 1.54) is 48.9 Å². The van der Waals surface area contributed by atoms with Crippen LogP contribution in [0.2, 0.25) is 0 Å². The SMILES string of the molecule is C[C@@H](O)[C@@H]1NC(=O)[C@H](CCCCN)NC(=O)[C@@H](Cc2c[nH]c3ccccc23)NC(=O)[C@H](Cc2ccccc2)NC(=O)[C@H](Cc2ccccc2)NC(=O)[C@H](CCCNC(=N)N)NC(=O)[C@H](NC[C@H](Cc2ccc(O)cc2)NC(=O)CS(=O)(=O)C[C@@H]2C[C@@H]3c4cccc5[nH]cc(c45)C[C@H]3N(C)C2)CCCCNC(=O)[C@H](Cc2ccc(F)cc2)NC1=O. The van der Waals surface area contributed by atoms with Crippen molar-refractivity contribution in [3.63, 3.8) is 0 Å². The number of aromatic amines is 2. The van der Waals surface area contributed by atoms with Crippen LogP contribution < -0.4 is 70.0 Å². The van der Waals surface area contributed by atoms with Gasteiger partial charge in [-0.3, -0.25) is 48.6 Å². The minimum atomic E-state index is -4.07. The Balaban J connectivity index is 0.918. The number of hydrogen-bond donors (Lipinski definition) is 18. The molecule has 2 fully saturated rings. The van der Waals surface area contributed by atoms with Gasteiger partial charge in [0.05, 0.1) is 17.9 Å². The lowest BCUT2D eigenvalue weighted by Gasteiger charge is -2.45. The maximum atomic E-state index is 15.5. The highest BCUT2D eigenvalue weighted by atomic mass is 32.2. The molecule has 0 radical (unpaired) electrons. The molecule has 2 saturated heterocycles. The number of carbonyl (C=O) groups is 9. The molecule has 2 aromatic heterocycles. The van der Waals surface area contributed by atoms with Crippen LogP contribution in [0.15, 0.2) is 164 Å². The Hall–Kier alpha value is -11.6. The van der Waals surface area contributed by atoms with E-state index in [9.17, 15) is 42.2 Å². The zero-order valence-electron chi connectivity index (χ0n) is 66.9. The normalized spacial score (nSPS) is 23.0. The first-order valence-electron chi connectivity index (χ1n) is 40.8. The average molecular weight is 1650 g/mol. The number of carbonyl (C=O) groups excluding carboxylic acids is 9. The fourth-order valence-corrected chi connectivity index (χ4v) is 17.9. The number of amides is 9. The first-order valence-corrected chi connectivity index (χ1v) is 42.6. The summed E-state index contributed by atoms with van der Waals surface area (Å²) in [5, 5.41) is 62.9. The molecule has 0 bridgehead atoms. The molecule has 30 nitrogen and oxygen atoms in total. The molecule has 13 atom stereocenters. The number of likely N-dealkylation sites (N-methyl/N-ethyl adjacent to an activating group) is 1. The molecule has 20 N–H and O–H groups in total. The number of para-hydroxylation sites is 1. The molecule has 11 rings (SSSR count). The molecule has 6 aromatic carbocycles. The van der Waals surface area contributed by atoms with Crippen molar-refractivity contribution < 1.29 is 66.2 Å². The second-order valence-electron chi connectivity index (χ2n) is 31.6. The van der Waals surface area contributed by atoms with Gasteiger partial charge in [-0.1, -0.05) is 115 Å². The molecule has 634 valence electrons. The number of likely N-dealkylation sites (tertiary alicyclic amines) is 1. The largest absolute Gasteiger partial charge is 0.508 e. The number of nitrogens with one attached hydrogen (secondary N) is 14. The molecular weight excluding hydrogens is 1540 g/mol. The van der Waals surface area contributed by atoms with Gasteiger partial charge in [0.2, 0.25) is 53.2 Å². The number of guanidine groups is 1. The summed E-state index contributed by atoms with van der Waals surface area (Å²) in [7, 11) is -2.06. The van der Waals surface area contributed by atoms with Crippen molar-refractivity contribution in [2.75, 3.05) is 51.3 Å². The molecule has 1 aliphatic carbocycles. The predicted octanol–water partition coefficient (Wildman–Crippen LogP) is 2.99. The lowest BCUT2D eigenvalue weighted by Crippen LogP contribution is -2.62. The van der Waals surface area contributed by atoms with Gasteiger partial charge in [-0.25, -0.2) is 12.8 Å². The number of unbranched alkanes of at least 4 members (excludes halogenated alkanes) is 1. The average Bonchev–Trinajstić information content (AvgIpc) is 1.67. The summed E-state index contributed by atoms with van der Waals surface area (Å²) < 4.78 is 43.1. The first kappa shape index (κ1) is 88.2. The fraction of sp³-hybridized carbons (Fsp3) is 0.425. The lowest BCUT2D eigenvalue weighted by atomic mass is 9.73. The number of benzene rings is 6.